The minimum Gasteiger partial charge on any atom is -0.497 e. The van der Waals surface area contributed by atoms with Crippen LogP contribution in [0.1, 0.15) is 59.9 Å². The molecule has 0 aromatic heterocycles. The molecule has 2 spiro atoms. The van der Waals surface area contributed by atoms with Crippen LogP contribution in [0, 0.1) is 34.5 Å². The van der Waals surface area contributed by atoms with Gasteiger partial charge in [0.05, 0.1) is 25.7 Å². The molecule has 6 nitrogen and oxygen atoms in total. The van der Waals surface area contributed by atoms with Gasteiger partial charge in [0, 0.05) is 5.92 Å². The number of fused-ring (bicyclic) bond motifs is 4. The number of hydrogen-bond acceptors (Lipinski definition) is 6. The standard InChI is InChI=1S/C31H40O6/c1-17-13-30-18(2)12-22-23(27(22,3)4)21(24(30)32)14-29(16-34-15-19-8-10-20(33-7)11-9-19)26(36-29)31(30)25(17)35-28(5,6)37-31/h8-11,13,18,21-23,25-26H,12,14-16H2,1-7H3/t18-,21+,22-,23+,25+,26-,29+,30+,31-/m1/s1. The molecule has 2 heterocycles. The van der Waals surface area contributed by atoms with Gasteiger partial charge in [-0.05, 0) is 80.1 Å². The van der Waals surface area contributed by atoms with E-state index in [0.717, 1.165) is 23.3 Å². The van der Waals surface area contributed by atoms with Crippen LogP contribution in [-0.2, 0) is 30.3 Å². The van der Waals surface area contributed by atoms with Gasteiger partial charge in [-0.2, -0.15) is 0 Å². The van der Waals surface area contributed by atoms with Crippen LogP contribution >= 0.6 is 0 Å². The van der Waals surface area contributed by atoms with Gasteiger partial charge < -0.3 is 23.7 Å². The molecule has 7 rings (SSSR count). The van der Waals surface area contributed by atoms with Crippen LogP contribution in [0.3, 0.4) is 0 Å². The highest BCUT2D eigenvalue weighted by atomic mass is 16.8. The van der Waals surface area contributed by atoms with Crippen molar-refractivity contribution in [3.8, 4) is 5.75 Å². The van der Waals surface area contributed by atoms with E-state index in [4.69, 9.17) is 23.7 Å². The zero-order valence-electron chi connectivity index (χ0n) is 23.1. The van der Waals surface area contributed by atoms with Crippen molar-refractivity contribution in [2.45, 2.75) is 90.2 Å². The van der Waals surface area contributed by atoms with Crippen molar-refractivity contribution in [1.82, 2.24) is 0 Å². The lowest BCUT2D eigenvalue weighted by atomic mass is 9.59. The van der Waals surface area contributed by atoms with Gasteiger partial charge in [-0.25, -0.2) is 0 Å². The minimum atomic E-state index is -0.851. The Morgan fingerprint density at radius 1 is 1.08 bits per heavy atom. The van der Waals surface area contributed by atoms with E-state index in [9.17, 15) is 4.79 Å². The molecule has 1 aromatic rings. The van der Waals surface area contributed by atoms with E-state index < -0.39 is 22.4 Å². The molecule has 6 heteroatoms. The van der Waals surface area contributed by atoms with Crippen LogP contribution in [0.25, 0.3) is 0 Å². The normalized spacial score (nSPS) is 47.5. The van der Waals surface area contributed by atoms with Crippen LogP contribution < -0.4 is 4.74 Å². The predicted molar refractivity (Wildman–Crippen MR) is 137 cm³/mol. The summed E-state index contributed by atoms with van der Waals surface area (Å²) in [6.07, 6.45) is 3.44. The summed E-state index contributed by atoms with van der Waals surface area (Å²) in [6.45, 7) is 13.9. The first kappa shape index (κ1) is 24.3. The van der Waals surface area contributed by atoms with Crippen molar-refractivity contribution in [2.24, 2.45) is 34.5 Å². The molecule has 9 atom stereocenters. The molecule has 6 aliphatic rings. The second-order valence-corrected chi connectivity index (χ2v) is 13.7. The second kappa shape index (κ2) is 7.26. The van der Waals surface area contributed by atoms with E-state index in [0.29, 0.717) is 37.3 Å². The topological polar surface area (TPSA) is 66.5 Å². The number of Topliss-reactive ketones (excluding diaryl/α,β-unsaturated/α-hetero) is 1. The Hall–Kier alpha value is -1.73. The van der Waals surface area contributed by atoms with Gasteiger partial charge in [0.2, 0.25) is 0 Å². The number of benzene rings is 1. The van der Waals surface area contributed by atoms with Crippen LogP contribution in [0.4, 0.5) is 0 Å². The molecule has 2 bridgehead atoms. The van der Waals surface area contributed by atoms with Crippen LogP contribution in [0.15, 0.2) is 35.9 Å². The minimum absolute atomic E-state index is 0.0611. The number of rotatable bonds is 5. The van der Waals surface area contributed by atoms with E-state index in [-0.39, 0.29) is 29.5 Å². The van der Waals surface area contributed by atoms with Crippen molar-refractivity contribution in [2.75, 3.05) is 13.7 Å². The Balaban J connectivity index is 1.28. The highest BCUT2D eigenvalue weighted by Gasteiger charge is 2.87. The number of carbonyl (C=O) groups excluding carboxylic acids is 1. The largest absolute Gasteiger partial charge is 0.497 e. The number of carbonyl (C=O) groups is 1. The highest BCUT2D eigenvalue weighted by Crippen LogP contribution is 2.77. The number of hydrogen-bond donors (Lipinski definition) is 0. The fraction of sp³-hybridized carbons (Fsp3) is 0.710. The van der Waals surface area contributed by atoms with Crippen LogP contribution in [0.2, 0.25) is 0 Å². The molecule has 200 valence electrons. The zero-order chi connectivity index (χ0) is 26.2. The second-order valence-electron chi connectivity index (χ2n) is 13.7. The monoisotopic (exact) mass is 508 g/mol. The molecule has 0 amide bonds. The molecule has 3 saturated carbocycles. The number of ether oxygens (including phenoxy) is 5. The molecule has 0 unspecified atom stereocenters. The summed E-state index contributed by atoms with van der Waals surface area (Å²) in [7, 11) is 1.67. The van der Waals surface area contributed by atoms with Gasteiger partial charge in [-0.1, -0.05) is 39.0 Å². The lowest BCUT2D eigenvalue weighted by molar-refractivity contribution is -0.199. The molecule has 1 aromatic carbocycles. The Labute approximate surface area is 220 Å². The van der Waals surface area contributed by atoms with Crippen LogP contribution in [-0.4, -0.2) is 48.7 Å². The van der Waals surface area contributed by atoms with E-state index in [1.807, 2.05) is 38.1 Å². The quantitative estimate of drug-likeness (QED) is 0.408. The molecule has 2 aliphatic heterocycles. The SMILES string of the molecule is COc1ccc(COC[C@@]23C[C@@H]4C(=O)[C@]5(C=C(C)[C@@H]6OC(C)(C)O[C@@]65[C@@H]2O3)[C@H](C)C[C@@H]2[C@H]4C2(C)C)cc1. The van der Waals surface area contributed by atoms with Crippen molar-refractivity contribution in [1.29, 1.82) is 0 Å². The maximum atomic E-state index is 14.9. The molecule has 5 fully saturated rings. The van der Waals surface area contributed by atoms with Gasteiger partial charge >= 0.3 is 0 Å². The highest BCUT2D eigenvalue weighted by molar-refractivity contribution is 5.94. The van der Waals surface area contributed by atoms with Crippen molar-refractivity contribution in [3.63, 3.8) is 0 Å². The third-order valence-corrected chi connectivity index (χ3v) is 10.9. The van der Waals surface area contributed by atoms with Gasteiger partial charge in [0.15, 0.2) is 5.79 Å². The Kier molecular flexibility index (Phi) is 4.77. The Morgan fingerprint density at radius 2 is 1.81 bits per heavy atom. The van der Waals surface area contributed by atoms with E-state index in [1.54, 1.807) is 7.11 Å². The van der Waals surface area contributed by atoms with Gasteiger partial charge in [-0.15, -0.1) is 0 Å². The average Bonchev–Trinajstić information content (AvgIpc) is 3.62. The Morgan fingerprint density at radius 3 is 2.51 bits per heavy atom. The first-order valence-electron chi connectivity index (χ1n) is 13.9. The summed E-state index contributed by atoms with van der Waals surface area (Å²) in [5.41, 5.74) is 0.226. The zero-order valence-corrected chi connectivity index (χ0v) is 23.1. The summed E-state index contributed by atoms with van der Waals surface area (Å²) in [5, 5.41) is 0. The fourth-order valence-corrected chi connectivity index (χ4v) is 9.31. The predicted octanol–water partition coefficient (Wildman–Crippen LogP) is 5.09. The molecule has 4 aliphatic carbocycles. The molecule has 0 N–H and O–H groups in total. The van der Waals surface area contributed by atoms with E-state index in [1.165, 1.54) is 0 Å². The summed E-state index contributed by atoms with van der Waals surface area (Å²) >= 11 is 0. The van der Waals surface area contributed by atoms with Crippen molar-refractivity contribution >= 4 is 5.78 Å². The third-order valence-electron chi connectivity index (χ3n) is 10.9. The number of methoxy groups -OCH3 is 1. The molecular weight excluding hydrogens is 468 g/mol. The molecule has 37 heavy (non-hydrogen) atoms. The first-order valence-corrected chi connectivity index (χ1v) is 13.9. The summed E-state index contributed by atoms with van der Waals surface area (Å²) in [6, 6.07) is 7.96. The smallest absolute Gasteiger partial charge is 0.164 e. The lowest BCUT2D eigenvalue weighted by Crippen LogP contribution is -2.62. The maximum absolute atomic E-state index is 14.9. The van der Waals surface area contributed by atoms with Crippen molar-refractivity contribution < 1.29 is 28.5 Å². The van der Waals surface area contributed by atoms with Crippen LogP contribution in [0.5, 0.6) is 5.75 Å². The van der Waals surface area contributed by atoms with Crippen molar-refractivity contribution in [3.05, 3.63) is 41.5 Å². The third kappa shape index (κ3) is 2.93. The average molecular weight is 509 g/mol. The summed E-state index contributed by atoms with van der Waals surface area (Å²) < 4.78 is 31.9. The van der Waals surface area contributed by atoms with E-state index >= 15 is 0 Å². The van der Waals surface area contributed by atoms with Gasteiger partial charge in [-0.3, -0.25) is 4.79 Å². The molecular formula is C31H40O6. The number of ketones is 1. The van der Waals surface area contributed by atoms with E-state index in [2.05, 4.69) is 33.8 Å². The summed E-state index contributed by atoms with van der Waals surface area (Å²) in [4.78, 5) is 14.9. The molecule has 0 radical (unpaired) electrons. The fourth-order valence-electron chi connectivity index (χ4n) is 9.31. The lowest BCUT2D eigenvalue weighted by Gasteiger charge is -2.46. The van der Waals surface area contributed by atoms with Gasteiger partial charge in [0.1, 0.15) is 34.9 Å². The number of epoxide rings is 1. The summed E-state index contributed by atoms with van der Waals surface area (Å²) in [5.74, 6) is 1.41. The molecule has 2 saturated heterocycles. The first-order chi connectivity index (χ1) is 17.4. The Bertz CT molecular complexity index is 1180. The van der Waals surface area contributed by atoms with Gasteiger partial charge in [0.25, 0.3) is 0 Å². The maximum Gasteiger partial charge on any atom is 0.164 e.